The summed E-state index contributed by atoms with van der Waals surface area (Å²) in [5.74, 6) is 1.38. The highest BCUT2D eigenvalue weighted by Crippen LogP contribution is 2.26. The van der Waals surface area contributed by atoms with E-state index in [1.165, 1.54) is 12.8 Å². The Morgan fingerprint density at radius 1 is 1.14 bits per heavy atom. The number of hydrogen-bond donors (Lipinski definition) is 0. The van der Waals surface area contributed by atoms with Crippen LogP contribution in [0.4, 0.5) is 0 Å². The quantitative estimate of drug-likeness (QED) is 0.851. The van der Waals surface area contributed by atoms with E-state index in [-0.39, 0.29) is 11.7 Å². The van der Waals surface area contributed by atoms with Crippen molar-refractivity contribution in [2.75, 3.05) is 19.8 Å². The zero-order valence-electron chi connectivity index (χ0n) is 13.2. The van der Waals surface area contributed by atoms with Gasteiger partial charge in [-0.15, -0.1) is 10.2 Å². The van der Waals surface area contributed by atoms with Crippen molar-refractivity contribution < 1.29 is 13.9 Å². The van der Waals surface area contributed by atoms with Gasteiger partial charge < -0.3 is 13.9 Å². The summed E-state index contributed by atoms with van der Waals surface area (Å²) in [6, 6.07) is 0.297. The molecule has 2 aliphatic rings. The number of piperidine rings is 1. The van der Waals surface area contributed by atoms with Gasteiger partial charge in [-0.1, -0.05) is 27.2 Å². The Bertz CT molecular complexity index is 463. The Morgan fingerprint density at radius 3 is 2.57 bits per heavy atom. The minimum Gasteiger partial charge on any atom is -0.423 e. The third kappa shape index (κ3) is 3.44. The number of likely N-dealkylation sites (tertiary alicyclic amines) is 1. The lowest BCUT2D eigenvalue weighted by molar-refractivity contribution is -0.112. The van der Waals surface area contributed by atoms with E-state index in [1.807, 2.05) is 0 Å². The van der Waals surface area contributed by atoms with Crippen molar-refractivity contribution in [2.24, 2.45) is 0 Å². The standard InChI is InChI=1S/C15H25N3O3/c1-15(2,3)14-17-16-12(21-14)10-18-7-5-4-6-11(18)13-19-8-9-20-13/h11,13H,4-10H2,1-3H3. The Balaban J connectivity index is 1.68. The van der Waals surface area contributed by atoms with E-state index >= 15 is 0 Å². The minimum absolute atomic E-state index is 0.102. The van der Waals surface area contributed by atoms with Gasteiger partial charge in [0.25, 0.3) is 0 Å². The van der Waals surface area contributed by atoms with E-state index in [1.54, 1.807) is 0 Å². The maximum absolute atomic E-state index is 5.82. The smallest absolute Gasteiger partial charge is 0.230 e. The van der Waals surface area contributed by atoms with Gasteiger partial charge in [0.05, 0.1) is 25.8 Å². The van der Waals surface area contributed by atoms with Gasteiger partial charge in [-0.25, -0.2) is 0 Å². The largest absolute Gasteiger partial charge is 0.423 e. The van der Waals surface area contributed by atoms with E-state index < -0.39 is 0 Å². The molecule has 0 spiro atoms. The minimum atomic E-state index is -0.107. The molecule has 0 aromatic carbocycles. The lowest BCUT2D eigenvalue weighted by Crippen LogP contribution is -2.46. The van der Waals surface area contributed by atoms with Crippen LogP contribution in [0.1, 0.15) is 51.8 Å². The summed E-state index contributed by atoms with van der Waals surface area (Å²) >= 11 is 0. The Hall–Kier alpha value is -0.980. The second-order valence-corrected chi connectivity index (χ2v) is 6.89. The van der Waals surface area contributed by atoms with Gasteiger partial charge in [0.15, 0.2) is 6.29 Å². The van der Waals surface area contributed by atoms with Gasteiger partial charge in [-0.2, -0.15) is 0 Å². The molecule has 1 unspecified atom stereocenters. The maximum Gasteiger partial charge on any atom is 0.230 e. The number of rotatable bonds is 3. The molecule has 1 atom stereocenters. The first kappa shape index (κ1) is 14.9. The molecule has 0 saturated carbocycles. The monoisotopic (exact) mass is 295 g/mol. The van der Waals surface area contributed by atoms with Crippen LogP contribution in [0.25, 0.3) is 0 Å². The van der Waals surface area contributed by atoms with Crippen LogP contribution >= 0.6 is 0 Å². The van der Waals surface area contributed by atoms with E-state index in [0.29, 0.717) is 37.6 Å². The Labute approximate surface area is 125 Å². The molecule has 3 rings (SSSR count). The summed E-state index contributed by atoms with van der Waals surface area (Å²) in [5, 5.41) is 8.37. The third-order valence-electron chi connectivity index (χ3n) is 4.07. The molecule has 6 heteroatoms. The first-order chi connectivity index (χ1) is 10.0. The molecule has 0 bridgehead atoms. The zero-order chi connectivity index (χ0) is 14.9. The second-order valence-electron chi connectivity index (χ2n) is 6.89. The van der Waals surface area contributed by atoms with Gasteiger partial charge in [0.2, 0.25) is 11.8 Å². The Kier molecular flexibility index (Phi) is 4.28. The fourth-order valence-corrected chi connectivity index (χ4v) is 2.91. The van der Waals surface area contributed by atoms with Crippen molar-refractivity contribution in [1.29, 1.82) is 0 Å². The lowest BCUT2D eigenvalue weighted by atomic mass is 9.97. The van der Waals surface area contributed by atoms with Crippen molar-refractivity contribution in [3.05, 3.63) is 11.8 Å². The summed E-state index contributed by atoms with van der Waals surface area (Å²) in [6.07, 6.45) is 3.42. The molecule has 118 valence electrons. The van der Waals surface area contributed by atoms with E-state index in [4.69, 9.17) is 13.9 Å². The SMILES string of the molecule is CC(C)(C)c1nnc(CN2CCCCC2C2OCCO2)o1. The first-order valence-electron chi connectivity index (χ1n) is 7.84. The van der Waals surface area contributed by atoms with Crippen molar-refractivity contribution in [2.45, 2.75) is 64.3 Å². The molecule has 1 aromatic heterocycles. The molecule has 2 fully saturated rings. The zero-order valence-corrected chi connectivity index (χ0v) is 13.2. The van der Waals surface area contributed by atoms with Gasteiger partial charge in [0, 0.05) is 5.41 Å². The summed E-state index contributed by atoms with van der Waals surface area (Å²) < 4.78 is 17.2. The fourth-order valence-electron chi connectivity index (χ4n) is 2.91. The van der Waals surface area contributed by atoms with Gasteiger partial charge in [-0.3, -0.25) is 4.90 Å². The van der Waals surface area contributed by atoms with Gasteiger partial charge >= 0.3 is 0 Å². The maximum atomic E-state index is 5.82. The predicted octanol–water partition coefficient (Wildman–Crippen LogP) is 2.09. The average Bonchev–Trinajstić information content (AvgIpc) is 3.09. The highest BCUT2D eigenvalue weighted by Gasteiger charge is 2.34. The van der Waals surface area contributed by atoms with Crippen LogP contribution in [0, 0.1) is 0 Å². The molecule has 6 nitrogen and oxygen atoms in total. The van der Waals surface area contributed by atoms with Crippen LogP contribution < -0.4 is 0 Å². The Morgan fingerprint density at radius 2 is 1.90 bits per heavy atom. The van der Waals surface area contributed by atoms with E-state index in [2.05, 4.69) is 35.9 Å². The molecular weight excluding hydrogens is 270 g/mol. The molecule has 1 aromatic rings. The number of ether oxygens (including phenoxy) is 2. The van der Waals surface area contributed by atoms with Crippen LogP contribution in [0.5, 0.6) is 0 Å². The molecule has 0 amide bonds. The molecule has 0 aliphatic carbocycles. The van der Waals surface area contributed by atoms with Crippen LogP contribution in [0.2, 0.25) is 0 Å². The second kappa shape index (κ2) is 6.02. The number of nitrogens with zero attached hydrogens (tertiary/aromatic N) is 3. The molecule has 2 aliphatic heterocycles. The first-order valence-corrected chi connectivity index (χ1v) is 7.84. The van der Waals surface area contributed by atoms with Crippen molar-refractivity contribution >= 4 is 0 Å². The molecule has 21 heavy (non-hydrogen) atoms. The summed E-state index contributed by atoms with van der Waals surface area (Å²) in [4.78, 5) is 2.36. The molecule has 0 N–H and O–H groups in total. The van der Waals surface area contributed by atoms with Gasteiger partial charge in [0.1, 0.15) is 0 Å². The van der Waals surface area contributed by atoms with Crippen LogP contribution in [-0.2, 0) is 21.4 Å². The highest BCUT2D eigenvalue weighted by molar-refractivity contribution is 4.96. The van der Waals surface area contributed by atoms with Crippen molar-refractivity contribution in [3.63, 3.8) is 0 Å². The van der Waals surface area contributed by atoms with Crippen LogP contribution in [-0.4, -0.2) is 47.2 Å². The average molecular weight is 295 g/mol. The highest BCUT2D eigenvalue weighted by atomic mass is 16.7. The third-order valence-corrected chi connectivity index (χ3v) is 4.07. The summed E-state index contributed by atoms with van der Waals surface area (Å²) in [6.45, 7) is 9.34. The lowest BCUT2D eigenvalue weighted by Gasteiger charge is -2.37. The molecule has 3 heterocycles. The van der Waals surface area contributed by atoms with Crippen LogP contribution in [0.3, 0.4) is 0 Å². The molecule has 2 saturated heterocycles. The summed E-state index contributed by atoms with van der Waals surface area (Å²) in [7, 11) is 0. The van der Waals surface area contributed by atoms with Crippen molar-refractivity contribution in [1.82, 2.24) is 15.1 Å². The normalized spacial score (nSPS) is 25.6. The topological polar surface area (TPSA) is 60.6 Å². The van der Waals surface area contributed by atoms with Gasteiger partial charge in [-0.05, 0) is 19.4 Å². The predicted molar refractivity (Wildman–Crippen MR) is 76.7 cm³/mol. The summed E-state index contributed by atoms with van der Waals surface area (Å²) in [5.41, 5.74) is -0.107. The number of aromatic nitrogens is 2. The van der Waals surface area contributed by atoms with E-state index in [9.17, 15) is 0 Å². The van der Waals surface area contributed by atoms with Crippen LogP contribution in [0.15, 0.2) is 4.42 Å². The molecular formula is C15H25N3O3. The molecule has 0 radical (unpaired) electrons. The van der Waals surface area contributed by atoms with Crippen molar-refractivity contribution in [3.8, 4) is 0 Å². The number of hydrogen-bond acceptors (Lipinski definition) is 6. The van der Waals surface area contributed by atoms with E-state index in [0.717, 1.165) is 13.0 Å². The fraction of sp³-hybridized carbons (Fsp3) is 0.867.